The average molecular weight is 529 g/mol. The normalized spacial score (nSPS) is 14.4. The smallest absolute Gasteiger partial charge is 0.264 e. The third-order valence-electron chi connectivity index (χ3n) is 6.70. The minimum atomic E-state index is -3.86. The predicted octanol–water partition coefficient (Wildman–Crippen LogP) is 4.20. The van der Waals surface area contributed by atoms with Gasteiger partial charge in [0.25, 0.3) is 15.9 Å². The number of rotatable bonds is 7. The standard InChI is InChI=1S/C29H28N4O4S/c1-21(34)23-9-7-22(8-10-23)20-32-16-18-33(19-17-32)29(35)25-11-13-26(14-12-25)31-38(36,37)27-6-2-4-24-5-3-15-30-28(24)27/h2-15,31H,16-20H2,1H3. The number of para-hydroxylation sites is 1. The number of carbonyl (C=O) groups is 2. The molecule has 2 heterocycles. The molecule has 194 valence electrons. The summed E-state index contributed by atoms with van der Waals surface area (Å²) in [4.78, 5) is 33.0. The van der Waals surface area contributed by atoms with Crippen LogP contribution in [-0.4, -0.2) is 61.1 Å². The SMILES string of the molecule is CC(=O)c1ccc(CN2CCN(C(=O)c3ccc(NS(=O)(=O)c4cccc5cccnc45)cc3)CC2)cc1. The lowest BCUT2D eigenvalue weighted by Crippen LogP contribution is -2.48. The second-order valence-corrected chi connectivity index (χ2v) is 11.0. The fourth-order valence-electron chi connectivity index (χ4n) is 4.58. The maximum absolute atomic E-state index is 13.1. The zero-order valence-corrected chi connectivity index (χ0v) is 21.8. The molecule has 1 N–H and O–H groups in total. The van der Waals surface area contributed by atoms with Crippen LogP contribution in [0.5, 0.6) is 0 Å². The van der Waals surface area contributed by atoms with Gasteiger partial charge in [-0.2, -0.15) is 0 Å². The summed E-state index contributed by atoms with van der Waals surface area (Å²) in [5.74, 6) is -0.0284. The first-order chi connectivity index (χ1) is 18.3. The molecule has 0 radical (unpaired) electrons. The van der Waals surface area contributed by atoms with E-state index in [0.29, 0.717) is 35.4 Å². The molecule has 8 nitrogen and oxygen atoms in total. The van der Waals surface area contributed by atoms with E-state index in [1.54, 1.807) is 49.5 Å². The van der Waals surface area contributed by atoms with Crippen LogP contribution < -0.4 is 4.72 Å². The molecule has 0 aliphatic carbocycles. The second kappa shape index (κ2) is 10.7. The van der Waals surface area contributed by atoms with Crippen LogP contribution in [0.4, 0.5) is 5.69 Å². The van der Waals surface area contributed by atoms with E-state index in [1.165, 1.54) is 6.07 Å². The Kier molecular flexibility index (Phi) is 7.22. The number of Topliss-reactive ketones (excluding diaryl/α,β-unsaturated/α-hetero) is 1. The Morgan fingerprint density at radius 1 is 0.842 bits per heavy atom. The van der Waals surface area contributed by atoms with Gasteiger partial charge in [0.1, 0.15) is 4.90 Å². The van der Waals surface area contributed by atoms with Crippen LogP contribution >= 0.6 is 0 Å². The number of piperazine rings is 1. The number of anilines is 1. The van der Waals surface area contributed by atoms with Crippen LogP contribution in [0.25, 0.3) is 10.9 Å². The Labute approximate surface area is 222 Å². The second-order valence-electron chi connectivity index (χ2n) is 9.34. The molecule has 38 heavy (non-hydrogen) atoms. The number of hydrogen-bond acceptors (Lipinski definition) is 6. The Hall–Kier alpha value is -4.08. The fraction of sp³-hybridized carbons (Fsp3) is 0.207. The highest BCUT2D eigenvalue weighted by Crippen LogP contribution is 2.24. The number of amides is 1. The molecule has 0 saturated carbocycles. The maximum atomic E-state index is 13.1. The molecule has 3 aromatic carbocycles. The Bertz CT molecular complexity index is 1570. The molecular formula is C29H28N4O4S. The van der Waals surface area contributed by atoms with Crippen LogP contribution in [-0.2, 0) is 16.6 Å². The zero-order valence-electron chi connectivity index (χ0n) is 21.0. The monoisotopic (exact) mass is 528 g/mol. The minimum Gasteiger partial charge on any atom is -0.336 e. The fourth-order valence-corrected chi connectivity index (χ4v) is 5.82. The lowest BCUT2D eigenvalue weighted by Gasteiger charge is -2.34. The first-order valence-corrected chi connectivity index (χ1v) is 13.9. The van der Waals surface area contributed by atoms with E-state index in [-0.39, 0.29) is 16.6 Å². The van der Waals surface area contributed by atoms with Crippen LogP contribution in [0.15, 0.2) is 90.0 Å². The molecule has 0 atom stereocenters. The number of hydrogen-bond donors (Lipinski definition) is 1. The molecular weight excluding hydrogens is 500 g/mol. The molecule has 0 unspecified atom stereocenters. The summed E-state index contributed by atoms with van der Waals surface area (Å²) in [5, 5.41) is 0.738. The molecule has 1 fully saturated rings. The van der Waals surface area contributed by atoms with Gasteiger partial charge < -0.3 is 4.90 Å². The average Bonchev–Trinajstić information content (AvgIpc) is 2.93. The van der Waals surface area contributed by atoms with E-state index < -0.39 is 10.0 Å². The molecule has 1 saturated heterocycles. The van der Waals surface area contributed by atoms with Gasteiger partial charge in [-0.15, -0.1) is 0 Å². The summed E-state index contributed by atoms with van der Waals surface area (Å²) in [6.45, 7) is 5.02. The first kappa shape index (κ1) is 25.6. The molecule has 4 aromatic rings. The zero-order chi connectivity index (χ0) is 26.7. The Morgan fingerprint density at radius 3 is 2.18 bits per heavy atom. The van der Waals surface area contributed by atoms with Crippen molar-refractivity contribution in [2.24, 2.45) is 0 Å². The lowest BCUT2D eigenvalue weighted by atomic mass is 10.1. The molecule has 5 rings (SSSR count). The van der Waals surface area contributed by atoms with Crippen molar-refractivity contribution >= 4 is 38.3 Å². The summed E-state index contributed by atoms with van der Waals surface area (Å²) in [5.41, 5.74) is 3.12. The number of nitrogens with zero attached hydrogens (tertiary/aromatic N) is 3. The van der Waals surface area contributed by atoms with Gasteiger partial charge in [0.15, 0.2) is 5.78 Å². The van der Waals surface area contributed by atoms with E-state index >= 15 is 0 Å². The number of benzene rings is 3. The first-order valence-electron chi connectivity index (χ1n) is 12.4. The van der Waals surface area contributed by atoms with Gasteiger partial charge in [-0.1, -0.05) is 42.5 Å². The van der Waals surface area contributed by atoms with Crippen LogP contribution in [0.3, 0.4) is 0 Å². The van der Waals surface area contributed by atoms with Crippen molar-refractivity contribution in [1.82, 2.24) is 14.8 Å². The molecule has 1 amide bonds. The Morgan fingerprint density at radius 2 is 1.50 bits per heavy atom. The van der Waals surface area contributed by atoms with Gasteiger partial charge in [0, 0.05) is 61.1 Å². The van der Waals surface area contributed by atoms with Crippen LogP contribution in [0, 0.1) is 0 Å². The quantitative estimate of drug-likeness (QED) is 0.361. The van der Waals surface area contributed by atoms with Crippen LogP contribution in [0.2, 0.25) is 0 Å². The van der Waals surface area contributed by atoms with Gasteiger partial charge in [-0.25, -0.2) is 8.42 Å². The van der Waals surface area contributed by atoms with E-state index in [4.69, 9.17) is 0 Å². The summed E-state index contributed by atoms with van der Waals surface area (Å²) in [6.07, 6.45) is 1.56. The lowest BCUT2D eigenvalue weighted by molar-refractivity contribution is 0.0628. The highest BCUT2D eigenvalue weighted by atomic mass is 32.2. The minimum absolute atomic E-state index is 0.0521. The summed E-state index contributed by atoms with van der Waals surface area (Å²) in [7, 11) is -3.86. The number of pyridine rings is 1. The summed E-state index contributed by atoms with van der Waals surface area (Å²) < 4.78 is 28.7. The maximum Gasteiger partial charge on any atom is 0.264 e. The van der Waals surface area contributed by atoms with Crippen molar-refractivity contribution in [2.45, 2.75) is 18.4 Å². The molecule has 0 spiro atoms. The van der Waals surface area contributed by atoms with Crippen molar-refractivity contribution in [2.75, 3.05) is 30.9 Å². The number of fused-ring (bicyclic) bond motifs is 1. The van der Waals surface area contributed by atoms with Crippen molar-refractivity contribution in [1.29, 1.82) is 0 Å². The van der Waals surface area contributed by atoms with Gasteiger partial charge >= 0.3 is 0 Å². The van der Waals surface area contributed by atoms with E-state index in [2.05, 4.69) is 14.6 Å². The highest BCUT2D eigenvalue weighted by molar-refractivity contribution is 7.93. The Balaban J connectivity index is 1.19. The molecule has 1 aliphatic rings. The topological polar surface area (TPSA) is 99.7 Å². The molecule has 1 aromatic heterocycles. The number of sulfonamides is 1. The van der Waals surface area contributed by atoms with Crippen LogP contribution in [0.1, 0.15) is 33.2 Å². The predicted molar refractivity (Wildman–Crippen MR) is 147 cm³/mol. The van der Waals surface area contributed by atoms with Crippen molar-refractivity contribution in [3.8, 4) is 0 Å². The van der Waals surface area contributed by atoms with E-state index in [9.17, 15) is 18.0 Å². The van der Waals surface area contributed by atoms with Crippen molar-refractivity contribution in [3.63, 3.8) is 0 Å². The largest absolute Gasteiger partial charge is 0.336 e. The summed E-state index contributed by atoms with van der Waals surface area (Å²) in [6, 6.07) is 22.7. The van der Waals surface area contributed by atoms with Gasteiger partial charge in [-0.3, -0.25) is 24.2 Å². The number of carbonyl (C=O) groups excluding carboxylic acids is 2. The number of ketones is 1. The molecule has 1 aliphatic heterocycles. The van der Waals surface area contributed by atoms with Gasteiger partial charge in [-0.05, 0) is 48.9 Å². The van der Waals surface area contributed by atoms with E-state index in [0.717, 1.165) is 30.6 Å². The number of aromatic nitrogens is 1. The molecule has 0 bridgehead atoms. The van der Waals surface area contributed by atoms with Gasteiger partial charge in [0.05, 0.1) is 5.52 Å². The third-order valence-corrected chi connectivity index (χ3v) is 8.11. The summed E-state index contributed by atoms with van der Waals surface area (Å²) >= 11 is 0. The van der Waals surface area contributed by atoms with Crippen molar-refractivity contribution in [3.05, 3.63) is 102 Å². The third kappa shape index (κ3) is 5.58. The highest BCUT2D eigenvalue weighted by Gasteiger charge is 2.23. The van der Waals surface area contributed by atoms with E-state index in [1.807, 2.05) is 41.3 Å². The number of nitrogens with one attached hydrogen (secondary N) is 1. The molecule has 9 heteroatoms. The van der Waals surface area contributed by atoms with Crippen molar-refractivity contribution < 1.29 is 18.0 Å². The van der Waals surface area contributed by atoms with Gasteiger partial charge in [0.2, 0.25) is 0 Å².